The average Bonchev–Trinajstić information content (AvgIpc) is 2.75. The molecule has 7 N–H and O–H groups in total. The van der Waals surface area contributed by atoms with Crippen molar-refractivity contribution >= 4 is 23.2 Å². The summed E-state index contributed by atoms with van der Waals surface area (Å²) in [6.45, 7) is 1.69. The molecule has 11 heteroatoms. The van der Waals surface area contributed by atoms with Gasteiger partial charge in [0.15, 0.2) is 17.2 Å². The number of nitrogens with two attached hydrogens (primary N) is 1. The van der Waals surface area contributed by atoms with Crippen LogP contribution in [0.15, 0.2) is 34.8 Å². The Morgan fingerprint density at radius 3 is 2.17 bits per heavy atom. The smallest absolute Gasteiger partial charge is 0.255 e. The first-order valence-corrected chi connectivity index (χ1v) is 11.1. The molecular formula is C24H29N3O8. The lowest BCUT2D eigenvalue weighted by molar-refractivity contribution is -0.151. The summed E-state index contributed by atoms with van der Waals surface area (Å²) in [5.41, 5.74) is 1.78. The number of aliphatic hydroxyl groups is 4. The van der Waals surface area contributed by atoms with Crippen molar-refractivity contribution in [3.05, 3.63) is 45.9 Å². The molecule has 1 amide bonds. The fourth-order valence-corrected chi connectivity index (χ4v) is 5.97. The van der Waals surface area contributed by atoms with Crippen molar-refractivity contribution in [3.8, 4) is 5.75 Å². The Morgan fingerprint density at radius 2 is 1.66 bits per heavy atom. The fourth-order valence-electron chi connectivity index (χ4n) is 5.97. The molecule has 11 nitrogen and oxygen atoms in total. The Hall–Kier alpha value is -3.41. The van der Waals surface area contributed by atoms with Crippen molar-refractivity contribution in [2.24, 2.45) is 17.6 Å². The highest BCUT2D eigenvalue weighted by Crippen LogP contribution is 2.56. The summed E-state index contributed by atoms with van der Waals surface area (Å²) in [4.78, 5) is 41.8. The van der Waals surface area contributed by atoms with Crippen molar-refractivity contribution in [1.29, 1.82) is 0 Å². The molecule has 0 radical (unpaired) electrons. The molecule has 0 heterocycles. The molecule has 0 aromatic heterocycles. The maximum absolute atomic E-state index is 13.7. The molecule has 1 aromatic carbocycles. The Bertz CT molecular complexity index is 1230. The number of benzene rings is 1. The third kappa shape index (κ3) is 2.98. The van der Waals surface area contributed by atoms with Gasteiger partial charge in [-0.15, -0.1) is 0 Å². The van der Waals surface area contributed by atoms with Crippen molar-refractivity contribution < 1.29 is 39.9 Å². The van der Waals surface area contributed by atoms with Gasteiger partial charge in [-0.1, -0.05) is 13.0 Å². The van der Waals surface area contributed by atoms with E-state index in [1.165, 1.54) is 19.0 Å². The van der Waals surface area contributed by atoms with E-state index in [0.717, 1.165) is 0 Å². The van der Waals surface area contributed by atoms with Gasteiger partial charge in [-0.05, 0) is 31.6 Å². The van der Waals surface area contributed by atoms with Gasteiger partial charge in [0.1, 0.15) is 22.8 Å². The minimum atomic E-state index is -2.85. The van der Waals surface area contributed by atoms with E-state index in [1.54, 1.807) is 38.1 Å². The number of hydrogen-bond acceptors (Lipinski definition) is 10. The number of phenols is 1. The molecule has 35 heavy (non-hydrogen) atoms. The van der Waals surface area contributed by atoms with Gasteiger partial charge in [-0.2, -0.15) is 0 Å². The van der Waals surface area contributed by atoms with Crippen molar-refractivity contribution in [2.75, 3.05) is 33.1 Å². The number of aliphatic hydroxyl groups excluding tert-OH is 3. The zero-order valence-electron chi connectivity index (χ0n) is 20.0. The van der Waals surface area contributed by atoms with Gasteiger partial charge in [0.2, 0.25) is 0 Å². The van der Waals surface area contributed by atoms with E-state index in [4.69, 9.17) is 5.73 Å². The summed E-state index contributed by atoms with van der Waals surface area (Å²) in [6, 6.07) is 1.91. The maximum atomic E-state index is 13.7. The Labute approximate surface area is 201 Å². The number of primary amides is 1. The van der Waals surface area contributed by atoms with Gasteiger partial charge in [0.05, 0.1) is 29.3 Å². The van der Waals surface area contributed by atoms with Crippen LogP contribution in [0.25, 0.3) is 0 Å². The van der Waals surface area contributed by atoms with E-state index in [2.05, 4.69) is 0 Å². The number of carbonyl (C=O) groups is 3. The molecule has 1 aromatic rings. The largest absolute Gasteiger partial charge is 0.508 e. The SMILES string of the molecule is C[C@H]1c2ccc(N(C)C)c(O)c2C(=O)C2=C(O)[C@]3(O)C(O)=C(C(N)=O)C(=O)[C@@H](N(C)C)[C@@H]3[C@@H](O)[C@@H]21. The molecule has 0 unspecified atom stereocenters. The van der Waals surface area contributed by atoms with Crippen LogP contribution in [-0.2, 0) is 9.59 Å². The van der Waals surface area contributed by atoms with Crippen LogP contribution in [0.3, 0.4) is 0 Å². The Kier molecular flexibility index (Phi) is 5.51. The van der Waals surface area contributed by atoms with E-state index in [-0.39, 0.29) is 11.3 Å². The lowest BCUT2D eigenvalue weighted by Crippen LogP contribution is -2.67. The van der Waals surface area contributed by atoms with Crippen LogP contribution in [0, 0.1) is 11.8 Å². The van der Waals surface area contributed by atoms with Crippen molar-refractivity contribution in [1.82, 2.24) is 4.90 Å². The summed E-state index contributed by atoms with van der Waals surface area (Å²) < 4.78 is 0. The van der Waals surface area contributed by atoms with Crippen LogP contribution in [0.1, 0.15) is 28.8 Å². The zero-order valence-corrected chi connectivity index (χ0v) is 20.0. The fraction of sp³-hybridized carbons (Fsp3) is 0.458. The van der Waals surface area contributed by atoms with E-state index in [0.29, 0.717) is 11.3 Å². The van der Waals surface area contributed by atoms with Crippen LogP contribution in [0.2, 0.25) is 0 Å². The van der Waals surface area contributed by atoms with Crippen LogP contribution in [0.4, 0.5) is 5.69 Å². The average molecular weight is 488 g/mol. The normalized spacial score (nSPS) is 32.4. The number of likely N-dealkylation sites (N-methyl/N-ethyl adjacent to an activating group) is 1. The summed E-state index contributed by atoms with van der Waals surface area (Å²) in [6.07, 6.45) is -1.61. The maximum Gasteiger partial charge on any atom is 0.255 e. The summed E-state index contributed by atoms with van der Waals surface area (Å²) in [5, 5.41) is 56.3. The first kappa shape index (κ1) is 24.7. The Morgan fingerprint density at radius 1 is 1.06 bits per heavy atom. The van der Waals surface area contributed by atoms with Gasteiger partial charge in [-0.25, -0.2) is 0 Å². The predicted octanol–water partition coefficient (Wildman–Crippen LogP) is -0.282. The number of rotatable bonds is 3. The predicted molar refractivity (Wildman–Crippen MR) is 124 cm³/mol. The number of carbonyl (C=O) groups excluding carboxylic acids is 3. The molecule has 0 aliphatic heterocycles. The number of Topliss-reactive ketones (excluding diaryl/α,β-unsaturated/α-hetero) is 2. The highest BCUT2D eigenvalue weighted by atomic mass is 16.4. The number of hydrogen-bond donors (Lipinski definition) is 6. The van der Waals surface area contributed by atoms with Gasteiger partial charge < -0.3 is 36.2 Å². The third-order valence-corrected chi connectivity index (χ3v) is 7.60. The second-order valence-electron chi connectivity index (χ2n) is 9.84. The van der Waals surface area contributed by atoms with E-state index >= 15 is 0 Å². The topological polar surface area (TPSA) is 185 Å². The number of anilines is 1. The molecule has 0 saturated heterocycles. The van der Waals surface area contributed by atoms with Gasteiger partial charge in [0.25, 0.3) is 5.91 Å². The summed E-state index contributed by atoms with van der Waals surface area (Å²) >= 11 is 0. The minimum absolute atomic E-state index is 0.106. The van der Waals surface area contributed by atoms with Crippen LogP contribution in [-0.4, -0.2) is 93.8 Å². The number of nitrogens with zero attached hydrogens (tertiary/aromatic N) is 2. The van der Waals surface area contributed by atoms with E-state index in [9.17, 15) is 39.9 Å². The minimum Gasteiger partial charge on any atom is -0.508 e. The number of aromatic hydroxyl groups is 1. The molecule has 0 spiro atoms. The molecule has 0 saturated carbocycles. The van der Waals surface area contributed by atoms with Crippen molar-refractivity contribution in [3.63, 3.8) is 0 Å². The lowest BCUT2D eigenvalue weighted by Gasteiger charge is -2.53. The molecule has 188 valence electrons. The Balaban J connectivity index is 2.08. The molecule has 0 bridgehead atoms. The van der Waals surface area contributed by atoms with Gasteiger partial charge in [0, 0.05) is 25.6 Å². The molecular weight excluding hydrogens is 458 g/mol. The number of ketones is 2. The summed E-state index contributed by atoms with van der Waals surface area (Å²) in [7, 11) is 6.28. The number of amides is 1. The van der Waals surface area contributed by atoms with Crippen LogP contribution < -0.4 is 10.6 Å². The van der Waals surface area contributed by atoms with Crippen molar-refractivity contribution in [2.45, 2.75) is 30.6 Å². The molecule has 3 aliphatic carbocycles. The van der Waals surface area contributed by atoms with E-state index in [1.807, 2.05) is 0 Å². The highest BCUT2D eigenvalue weighted by molar-refractivity contribution is 6.22. The number of fused-ring (bicyclic) bond motifs is 3. The first-order valence-electron chi connectivity index (χ1n) is 11.1. The standard InChI is InChI=1S/C24H29N3O8/c1-8-9-6-7-10(26(2)3)17(28)12(9)18(29)13-11(8)19(30)15-16(27(4)5)20(31)14(23(25)34)22(33)24(15,35)21(13)32/h6-8,11,15-16,19,28,30,32-33,35H,1-5H3,(H2,25,34)/t8-,11+,15+,16-,19-,24-/m0/s1. The van der Waals surface area contributed by atoms with Crippen LogP contribution >= 0.6 is 0 Å². The second kappa shape index (κ2) is 7.80. The van der Waals surface area contributed by atoms with Gasteiger partial charge >= 0.3 is 0 Å². The molecule has 3 aliphatic rings. The molecule has 4 rings (SSSR count). The molecule has 0 fully saturated rings. The lowest BCUT2D eigenvalue weighted by atomic mass is 9.55. The second-order valence-corrected chi connectivity index (χ2v) is 9.84. The highest BCUT2D eigenvalue weighted by Gasteiger charge is 2.66. The van der Waals surface area contributed by atoms with Crippen LogP contribution in [0.5, 0.6) is 5.75 Å². The quantitative estimate of drug-likeness (QED) is 0.310. The third-order valence-electron chi connectivity index (χ3n) is 7.60. The van der Waals surface area contributed by atoms with Gasteiger partial charge in [-0.3, -0.25) is 19.3 Å². The molecule has 6 atom stereocenters. The zero-order chi connectivity index (χ0) is 26.3. The first-order chi connectivity index (χ1) is 16.2. The van der Waals surface area contributed by atoms with E-state index < -0.39 is 75.6 Å². The monoisotopic (exact) mass is 487 g/mol. The summed E-state index contributed by atoms with van der Waals surface area (Å²) in [5.74, 6) is -8.91. The number of phenolic OH excluding ortho intramolecular Hbond substituents is 1.